The lowest BCUT2D eigenvalue weighted by Crippen LogP contribution is -2.25. The van der Waals surface area contributed by atoms with E-state index in [2.05, 4.69) is 24.9 Å². The highest BCUT2D eigenvalue weighted by molar-refractivity contribution is 5.53. The van der Waals surface area contributed by atoms with Crippen molar-refractivity contribution in [3.63, 3.8) is 0 Å². The molecule has 0 radical (unpaired) electrons. The fraction of sp³-hybridized carbons (Fsp3) is 0.273. The van der Waals surface area contributed by atoms with Gasteiger partial charge in [0.1, 0.15) is 11.6 Å². The van der Waals surface area contributed by atoms with Crippen molar-refractivity contribution in [3.8, 4) is 0 Å². The lowest BCUT2D eigenvalue weighted by atomic mass is 10.2. The summed E-state index contributed by atoms with van der Waals surface area (Å²) in [4.78, 5) is 11.1. The number of imidazole rings is 2. The first-order chi connectivity index (χ1) is 13.7. The van der Waals surface area contributed by atoms with Gasteiger partial charge in [0.15, 0.2) is 0 Å². The molecule has 0 aliphatic heterocycles. The van der Waals surface area contributed by atoms with Crippen molar-refractivity contribution < 1.29 is 4.39 Å². The van der Waals surface area contributed by atoms with E-state index < -0.39 is 0 Å². The Labute approximate surface area is 164 Å². The largest absolute Gasteiger partial charge is 0.337 e. The van der Waals surface area contributed by atoms with Crippen LogP contribution < -0.4 is 0 Å². The van der Waals surface area contributed by atoms with Gasteiger partial charge in [-0.3, -0.25) is 4.90 Å². The number of halogens is 1. The fourth-order valence-corrected chi connectivity index (χ4v) is 3.57. The molecule has 28 heavy (non-hydrogen) atoms. The monoisotopic (exact) mass is 377 g/mol. The molecular weight excluding hydrogens is 353 g/mol. The lowest BCUT2D eigenvalue weighted by molar-refractivity contribution is 0.243. The van der Waals surface area contributed by atoms with E-state index in [4.69, 9.17) is 4.98 Å². The van der Waals surface area contributed by atoms with Crippen molar-refractivity contribution in [2.75, 3.05) is 6.54 Å². The number of pyridine rings is 1. The molecule has 0 atom stereocenters. The standard InChI is InChI=1S/C22H24FN5/c1-18-25-21(22-9-4-5-13-28(18)22)16-27(12-6-11-26-14-10-24-17-26)15-19-7-2-3-8-20(19)23/h2-5,7-10,13-14,17H,6,11-12,15-16H2,1H3. The van der Waals surface area contributed by atoms with Crippen molar-refractivity contribution in [2.45, 2.75) is 33.0 Å². The quantitative estimate of drug-likeness (QED) is 0.465. The lowest BCUT2D eigenvalue weighted by Gasteiger charge is -2.22. The van der Waals surface area contributed by atoms with Gasteiger partial charge in [-0.05, 0) is 31.5 Å². The maximum atomic E-state index is 14.2. The first kappa shape index (κ1) is 18.4. The average Bonchev–Trinajstić information content (AvgIpc) is 3.32. The van der Waals surface area contributed by atoms with Crippen LogP contribution in [0.2, 0.25) is 0 Å². The van der Waals surface area contributed by atoms with Crippen LogP contribution in [0.5, 0.6) is 0 Å². The number of fused-ring (bicyclic) bond motifs is 1. The summed E-state index contributed by atoms with van der Waals surface area (Å²) >= 11 is 0. The van der Waals surface area contributed by atoms with Gasteiger partial charge in [0.25, 0.3) is 0 Å². The SMILES string of the molecule is Cc1nc(CN(CCCn2ccnc2)Cc2ccccc2F)c2ccccn12. The van der Waals surface area contributed by atoms with E-state index in [1.54, 1.807) is 12.3 Å². The van der Waals surface area contributed by atoms with Crippen LogP contribution in [0.4, 0.5) is 4.39 Å². The highest BCUT2D eigenvalue weighted by Gasteiger charge is 2.14. The highest BCUT2D eigenvalue weighted by atomic mass is 19.1. The molecule has 4 rings (SSSR count). The Morgan fingerprint density at radius 2 is 1.89 bits per heavy atom. The predicted molar refractivity (Wildman–Crippen MR) is 107 cm³/mol. The average molecular weight is 377 g/mol. The third-order valence-electron chi connectivity index (χ3n) is 4.98. The molecule has 5 nitrogen and oxygen atoms in total. The van der Waals surface area contributed by atoms with Crippen LogP contribution in [0.25, 0.3) is 5.52 Å². The Hall–Kier alpha value is -2.99. The van der Waals surface area contributed by atoms with E-state index in [9.17, 15) is 4.39 Å². The molecule has 3 aromatic heterocycles. The number of aromatic nitrogens is 4. The minimum absolute atomic E-state index is 0.159. The molecule has 0 saturated carbocycles. The van der Waals surface area contributed by atoms with Gasteiger partial charge in [-0.25, -0.2) is 14.4 Å². The van der Waals surface area contributed by atoms with Gasteiger partial charge in [0.05, 0.1) is 17.5 Å². The fourth-order valence-electron chi connectivity index (χ4n) is 3.57. The maximum Gasteiger partial charge on any atom is 0.127 e. The Balaban J connectivity index is 1.53. The van der Waals surface area contributed by atoms with Gasteiger partial charge < -0.3 is 8.97 Å². The van der Waals surface area contributed by atoms with Gasteiger partial charge in [-0.2, -0.15) is 0 Å². The third-order valence-corrected chi connectivity index (χ3v) is 4.98. The van der Waals surface area contributed by atoms with Gasteiger partial charge in [-0.15, -0.1) is 0 Å². The number of hydrogen-bond acceptors (Lipinski definition) is 3. The van der Waals surface area contributed by atoms with E-state index in [0.717, 1.165) is 36.5 Å². The van der Waals surface area contributed by atoms with E-state index in [1.807, 2.05) is 49.9 Å². The van der Waals surface area contributed by atoms with Gasteiger partial charge in [0.2, 0.25) is 0 Å². The van der Waals surface area contributed by atoms with Crippen LogP contribution >= 0.6 is 0 Å². The third kappa shape index (κ3) is 4.12. The van der Waals surface area contributed by atoms with E-state index >= 15 is 0 Å². The highest BCUT2D eigenvalue weighted by Crippen LogP contribution is 2.18. The predicted octanol–water partition coefficient (Wildman–Crippen LogP) is 4.07. The number of rotatable bonds is 8. The molecule has 1 aromatic carbocycles. The normalized spacial score (nSPS) is 11.5. The molecule has 3 heterocycles. The second-order valence-electron chi connectivity index (χ2n) is 7.02. The summed E-state index contributed by atoms with van der Waals surface area (Å²) in [6.45, 7) is 4.98. The van der Waals surface area contributed by atoms with Crippen LogP contribution in [-0.4, -0.2) is 30.4 Å². The van der Waals surface area contributed by atoms with Crippen LogP contribution in [0.15, 0.2) is 67.4 Å². The Morgan fingerprint density at radius 1 is 1.04 bits per heavy atom. The van der Waals surface area contributed by atoms with Gasteiger partial charge >= 0.3 is 0 Å². The van der Waals surface area contributed by atoms with Crippen LogP contribution in [0, 0.1) is 12.7 Å². The molecular formula is C22H24FN5. The number of aryl methyl sites for hydroxylation is 2. The molecule has 0 N–H and O–H groups in total. The van der Waals surface area contributed by atoms with Crippen molar-refractivity contribution in [1.29, 1.82) is 0 Å². The van der Waals surface area contributed by atoms with Gasteiger partial charge in [0, 0.05) is 50.3 Å². The molecule has 0 bridgehead atoms. The Bertz CT molecular complexity index is 1040. The van der Waals surface area contributed by atoms with E-state index in [0.29, 0.717) is 18.7 Å². The summed E-state index contributed by atoms with van der Waals surface area (Å²) in [6.07, 6.45) is 8.56. The molecule has 4 aromatic rings. The Morgan fingerprint density at radius 3 is 2.71 bits per heavy atom. The molecule has 0 amide bonds. The van der Waals surface area contributed by atoms with Crippen LogP contribution in [0.3, 0.4) is 0 Å². The second-order valence-corrected chi connectivity index (χ2v) is 7.02. The summed E-state index contributed by atoms with van der Waals surface area (Å²) in [5, 5.41) is 0. The molecule has 0 aliphatic carbocycles. The maximum absolute atomic E-state index is 14.2. The molecule has 6 heteroatoms. The Kier molecular flexibility index (Phi) is 5.48. The zero-order chi connectivity index (χ0) is 19.3. The summed E-state index contributed by atoms with van der Waals surface area (Å²) in [7, 11) is 0. The summed E-state index contributed by atoms with van der Waals surface area (Å²) in [5.74, 6) is 0.808. The van der Waals surface area contributed by atoms with E-state index in [1.165, 1.54) is 6.07 Å². The van der Waals surface area contributed by atoms with Crippen molar-refractivity contribution in [2.24, 2.45) is 0 Å². The zero-order valence-electron chi connectivity index (χ0n) is 16.0. The molecule has 144 valence electrons. The smallest absolute Gasteiger partial charge is 0.127 e. The number of hydrogen-bond donors (Lipinski definition) is 0. The van der Waals surface area contributed by atoms with Gasteiger partial charge in [-0.1, -0.05) is 24.3 Å². The van der Waals surface area contributed by atoms with Crippen molar-refractivity contribution >= 4 is 5.52 Å². The van der Waals surface area contributed by atoms with Crippen molar-refractivity contribution in [3.05, 3.63) is 90.3 Å². The number of nitrogens with zero attached hydrogens (tertiary/aromatic N) is 5. The summed E-state index contributed by atoms with van der Waals surface area (Å²) in [6, 6.07) is 13.1. The molecule has 0 fully saturated rings. The summed E-state index contributed by atoms with van der Waals surface area (Å²) < 4.78 is 18.4. The van der Waals surface area contributed by atoms with Crippen LogP contribution in [-0.2, 0) is 19.6 Å². The topological polar surface area (TPSA) is 38.4 Å². The minimum atomic E-state index is -0.159. The zero-order valence-corrected chi connectivity index (χ0v) is 16.0. The molecule has 0 saturated heterocycles. The first-order valence-corrected chi connectivity index (χ1v) is 9.55. The second kappa shape index (κ2) is 8.35. The summed E-state index contributed by atoms with van der Waals surface area (Å²) in [5.41, 5.74) is 2.84. The van der Waals surface area contributed by atoms with Crippen molar-refractivity contribution in [1.82, 2.24) is 23.8 Å². The molecule has 0 unspecified atom stereocenters. The molecule has 0 spiro atoms. The minimum Gasteiger partial charge on any atom is -0.337 e. The van der Waals surface area contributed by atoms with E-state index in [-0.39, 0.29) is 5.82 Å². The first-order valence-electron chi connectivity index (χ1n) is 9.55. The van der Waals surface area contributed by atoms with Crippen LogP contribution in [0.1, 0.15) is 23.5 Å². The number of benzene rings is 1. The molecule has 0 aliphatic rings.